The Morgan fingerprint density at radius 2 is 1.97 bits per heavy atom. The molecule has 1 aromatic heterocycles. The molecule has 4 rings (SSSR count). The molecule has 29 heavy (non-hydrogen) atoms. The Bertz CT molecular complexity index is 1110. The number of carbonyl (C=O) groups excluding carboxylic acids is 1. The Kier molecular flexibility index (Phi) is 5.72. The van der Waals surface area contributed by atoms with Crippen LogP contribution in [0.15, 0.2) is 58.5 Å². The fourth-order valence-electron chi connectivity index (χ4n) is 3.95. The molecule has 1 aliphatic carbocycles. The zero-order valence-electron chi connectivity index (χ0n) is 16.7. The van der Waals surface area contributed by atoms with Gasteiger partial charge in [-0.15, -0.1) is 0 Å². The number of hydrogen-bond acceptors (Lipinski definition) is 4. The molecule has 5 nitrogen and oxygen atoms in total. The number of rotatable bonds is 5. The fraction of sp³-hybridized carbons (Fsp3) is 0.348. The number of nitrogens with zero attached hydrogens (tertiary/aromatic N) is 2. The van der Waals surface area contributed by atoms with E-state index in [1.807, 2.05) is 38.1 Å². The van der Waals surface area contributed by atoms with E-state index >= 15 is 0 Å². The maximum Gasteiger partial charge on any atom is 0.262 e. The highest BCUT2D eigenvalue weighted by molar-refractivity contribution is 7.99. The number of nitrogens with one attached hydrogen (secondary N) is 1. The molecule has 1 heterocycles. The fourth-order valence-corrected chi connectivity index (χ4v) is 4.89. The van der Waals surface area contributed by atoms with E-state index in [9.17, 15) is 9.59 Å². The van der Waals surface area contributed by atoms with Gasteiger partial charge in [-0.05, 0) is 56.4 Å². The average molecular weight is 408 g/mol. The van der Waals surface area contributed by atoms with E-state index in [1.54, 1.807) is 10.6 Å². The maximum atomic E-state index is 12.9. The van der Waals surface area contributed by atoms with Crippen molar-refractivity contribution in [2.24, 2.45) is 0 Å². The Morgan fingerprint density at radius 3 is 2.79 bits per heavy atom. The van der Waals surface area contributed by atoms with Crippen LogP contribution in [0.3, 0.4) is 0 Å². The lowest BCUT2D eigenvalue weighted by atomic mass is 9.88. The van der Waals surface area contributed by atoms with Gasteiger partial charge in [-0.1, -0.05) is 48.2 Å². The Hall–Kier alpha value is -2.60. The van der Waals surface area contributed by atoms with E-state index in [-0.39, 0.29) is 29.3 Å². The Balaban J connectivity index is 1.52. The van der Waals surface area contributed by atoms with Crippen molar-refractivity contribution in [2.45, 2.75) is 50.4 Å². The highest BCUT2D eigenvalue weighted by Gasteiger charge is 2.22. The highest BCUT2D eigenvalue weighted by Crippen LogP contribution is 2.29. The van der Waals surface area contributed by atoms with Crippen LogP contribution in [0.4, 0.5) is 0 Å². The summed E-state index contributed by atoms with van der Waals surface area (Å²) in [5, 5.41) is 4.36. The molecule has 0 radical (unpaired) electrons. The van der Waals surface area contributed by atoms with Gasteiger partial charge in [0.1, 0.15) is 0 Å². The summed E-state index contributed by atoms with van der Waals surface area (Å²) in [6.45, 7) is 3.92. The molecule has 1 unspecified atom stereocenters. The number of fused-ring (bicyclic) bond motifs is 2. The average Bonchev–Trinajstić information content (AvgIpc) is 2.72. The number of hydrogen-bond donors (Lipinski definition) is 1. The first-order chi connectivity index (χ1) is 14.0. The molecule has 0 saturated carbocycles. The van der Waals surface area contributed by atoms with Crippen molar-refractivity contribution in [3.05, 3.63) is 70.0 Å². The van der Waals surface area contributed by atoms with Gasteiger partial charge in [-0.2, -0.15) is 0 Å². The molecule has 0 fully saturated rings. The summed E-state index contributed by atoms with van der Waals surface area (Å²) in [6, 6.07) is 15.7. The summed E-state index contributed by atoms with van der Waals surface area (Å²) < 4.78 is 1.68. The van der Waals surface area contributed by atoms with E-state index in [0.717, 1.165) is 19.3 Å². The van der Waals surface area contributed by atoms with Gasteiger partial charge in [-0.3, -0.25) is 14.2 Å². The van der Waals surface area contributed by atoms with Gasteiger partial charge in [0.05, 0.1) is 22.7 Å². The quantitative estimate of drug-likeness (QED) is 0.507. The van der Waals surface area contributed by atoms with Crippen molar-refractivity contribution in [3.63, 3.8) is 0 Å². The van der Waals surface area contributed by atoms with E-state index in [4.69, 9.17) is 0 Å². The second kappa shape index (κ2) is 8.41. The molecule has 3 aromatic rings. The molecule has 1 atom stereocenters. The number of amides is 1. The Morgan fingerprint density at radius 1 is 1.21 bits per heavy atom. The molecule has 1 aliphatic rings. The zero-order valence-corrected chi connectivity index (χ0v) is 17.5. The largest absolute Gasteiger partial charge is 0.349 e. The predicted octanol–water partition coefficient (Wildman–Crippen LogP) is 4.26. The third-order valence-electron chi connectivity index (χ3n) is 5.33. The summed E-state index contributed by atoms with van der Waals surface area (Å²) >= 11 is 1.32. The lowest BCUT2D eigenvalue weighted by Crippen LogP contribution is -2.32. The number of thioether (sulfide) groups is 1. The van der Waals surface area contributed by atoms with Gasteiger partial charge in [0, 0.05) is 6.04 Å². The highest BCUT2D eigenvalue weighted by atomic mass is 32.2. The number of carbonyl (C=O) groups is 1. The van der Waals surface area contributed by atoms with Crippen molar-refractivity contribution in [2.75, 3.05) is 5.75 Å². The molecule has 2 aromatic carbocycles. The van der Waals surface area contributed by atoms with Crippen LogP contribution in [0.2, 0.25) is 0 Å². The molecular formula is C23H25N3O2S. The van der Waals surface area contributed by atoms with Crippen LogP contribution in [-0.4, -0.2) is 21.2 Å². The third-order valence-corrected chi connectivity index (χ3v) is 6.28. The summed E-state index contributed by atoms with van der Waals surface area (Å²) in [5.74, 6) is 0.199. The van der Waals surface area contributed by atoms with Crippen LogP contribution in [-0.2, 0) is 11.2 Å². The van der Waals surface area contributed by atoms with Crippen LogP contribution < -0.4 is 10.9 Å². The molecular weight excluding hydrogens is 382 g/mol. The lowest BCUT2D eigenvalue weighted by Gasteiger charge is -2.26. The van der Waals surface area contributed by atoms with Gasteiger partial charge in [0.25, 0.3) is 5.56 Å². The second-order valence-electron chi connectivity index (χ2n) is 7.68. The SMILES string of the molecule is CC(C)n1c(SCC(=O)NC2CCCc3ccccc32)nc2ccccc2c1=O. The van der Waals surface area contributed by atoms with Crippen LogP contribution in [0.25, 0.3) is 10.9 Å². The minimum Gasteiger partial charge on any atom is -0.349 e. The van der Waals surface area contributed by atoms with Crippen molar-refractivity contribution < 1.29 is 4.79 Å². The van der Waals surface area contributed by atoms with Crippen LogP contribution in [0, 0.1) is 0 Å². The van der Waals surface area contributed by atoms with E-state index in [1.165, 1.54) is 22.9 Å². The van der Waals surface area contributed by atoms with Crippen LogP contribution in [0.5, 0.6) is 0 Å². The topological polar surface area (TPSA) is 64.0 Å². The first-order valence-corrected chi connectivity index (χ1v) is 11.0. The Labute approximate surface area is 174 Å². The van der Waals surface area contributed by atoms with Crippen molar-refractivity contribution in [1.29, 1.82) is 0 Å². The predicted molar refractivity (Wildman–Crippen MR) is 117 cm³/mol. The normalized spacial score (nSPS) is 16.0. The van der Waals surface area contributed by atoms with Gasteiger partial charge in [-0.25, -0.2) is 4.98 Å². The monoisotopic (exact) mass is 407 g/mol. The van der Waals surface area contributed by atoms with Gasteiger partial charge >= 0.3 is 0 Å². The van der Waals surface area contributed by atoms with E-state index in [2.05, 4.69) is 28.5 Å². The first kappa shape index (κ1) is 19.7. The maximum absolute atomic E-state index is 12.9. The standard InChI is InChI=1S/C23H25N3O2S/c1-15(2)26-22(28)18-11-5-6-12-20(18)25-23(26)29-14-21(27)24-19-13-7-9-16-8-3-4-10-17(16)19/h3-6,8,10-12,15,19H,7,9,13-14H2,1-2H3,(H,24,27). The van der Waals surface area contributed by atoms with Crippen LogP contribution >= 0.6 is 11.8 Å². The van der Waals surface area contributed by atoms with Crippen LogP contribution in [0.1, 0.15) is 49.9 Å². The summed E-state index contributed by atoms with van der Waals surface area (Å²) in [5.41, 5.74) is 3.15. The molecule has 0 saturated heterocycles. The van der Waals surface area contributed by atoms with Gasteiger partial charge in [0.2, 0.25) is 5.91 Å². The molecule has 1 N–H and O–H groups in total. The van der Waals surface area contributed by atoms with Crippen molar-refractivity contribution in [3.8, 4) is 0 Å². The molecule has 150 valence electrons. The minimum atomic E-state index is -0.0604. The van der Waals surface area contributed by atoms with Crippen molar-refractivity contribution in [1.82, 2.24) is 14.9 Å². The smallest absolute Gasteiger partial charge is 0.262 e. The first-order valence-electron chi connectivity index (χ1n) is 10.1. The number of para-hydroxylation sites is 1. The minimum absolute atomic E-state index is 0.0320. The van der Waals surface area contributed by atoms with Crippen molar-refractivity contribution >= 4 is 28.6 Å². The second-order valence-corrected chi connectivity index (χ2v) is 8.62. The molecule has 0 bridgehead atoms. The van der Waals surface area contributed by atoms with Gasteiger partial charge in [0.15, 0.2) is 5.16 Å². The molecule has 6 heteroatoms. The number of aromatic nitrogens is 2. The van der Waals surface area contributed by atoms with E-state index in [0.29, 0.717) is 16.1 Å². The molecule has 0 aliphatic heterocycles. The summed E-state index contributed by atoms with van der Waals surface area (Å²) in [6.07, 6.45) is 3.10. The number of benzene rings is 2. The summed E-state index contributed by atoms with van der Waals surface area (Å²) in [4.78, 5) is 30.2. The summed E-state index contributed by atoms with van der Waals surface area (Å²) in [7, 11) is 0. The third kappa shape index (κ3) is 4.08. The van der Waals surface area contributed by atoms with E-state index < -0.39 is 0 Å². The lowest BCUT2D eigenvalue weighted by molar-refractivity contribution is -0.119. The van der Waals surface area contributed by atoms with Gasteiger partial charge < -0.3 is 5.32 Å². The molecule has 0 spiro atoms. The number of aryl methyl sites for hydroxylation is 1. The molecule has 1 amide bonds. The zero-order chi connectivity index (χ0) is 20.4.